The van der Waals surface area contributed by atoms with Crippen LogP contribution in [0, 0.1) is 0 Å². The number of carbonyl (C=O) groups excluding carboxylic acids is 1. The number of benzene rings is 2. The molecule has 0 radical (unpaired) electrons. The fourth-order valence-corrected chi connectivity index (χ4v) is 4.45. The molecule has 2 aromatic carbocycles. The highest BCUT2D eigenvalue weighted by molar-refractivity contribution is 6.05. The highest BCUT2D eigenvalue weighted by Crippen LogP contribution is 2.41. The molecule has 1 amide bonds. The molecule has 2 N–H and O–H groups in total. The standard InChI is InChI=1S/C26H25N5O3/c1-26(2)33-21-9-5-16(13-22(21)34-26)24-29-19-8-7-18(14-20(19)30-24)28-25(32)17-6-10-23(27-15-17)31-11-3-4-12-31/h5-10,13-15H,3-4,11-12H2,1-2H3,(H,28,32)(H,29,30). The summed E-state index contributed by atoms with van der Waals surface area (Å²) in [4.78, 5) is 27.5. The first-order chi connectivity index (χ1) is 16.4. The summed E-state index contributed by atoms with van der Waals surface area (Å²) in [5, 5.41) is 2.95. The van der Waals surface area contributed by atoms with E-state index in [1.807, 2.05) is 62.4 Å². The van der Waals surface area contributed by atoms with Crippen LogP contribution in [0.25, 0.3) is 22.4 Å². The van der Waals surface area contributed by atoms with E-state index in [4.69, 9.17) is 14.5 Å². The van der Waals surface area contributed by atoms with Crippen molar-refractivity contribution in [2.45, 2.75) is 32.5 Å². The first-order valence-electron chi connectivity index (χ1n) is 11.5. The second-order valence-electron chi connectivity index (χ2n) is 9.14. The number of rotatable bonds is 4. The summed E-state index contributed by atoms with van der Waals surface area (Å²) < 4.78 is 11.6. The van der Waals surface area contributed by atoms with Crippen molar-refractivity contribution < 1.29 is 14.3 Å². The number of hydrogen-bond donors (Lipinski definition) is 2. The van der Waals surface area contributed by atoms with Gasteiger partial charge in [-0.3, -0.25) is 4.79 Å². The lowest BCUT2D eigenvalue weighted by molar-refractivity contribution is -0.0431. The Labute approximate surface area is 196 Å². The van der Waals surface area contributed by atoms with Gasteiger partial charge in [-0.15, -0.1) is 0 Å². The van der Waals surface area contributed by atoms with E-state index in [9.17, 15) is 4.79 Å². The van der Waals surface area contributed by atoms with Crippen LogP contribution in [-0.2, 0) is 0 Å². The zero-order valence-corrected chi connectivity index (χ0v) is 19.1. The van der Waals surface area contributed by atoms with E-state index in [2.05, 4.69) is 20.2 Å². The van der Waals surface area contributed by atoms with E-state index in [1.54, 1.807) is 6.20 Å². The highest BCUT2D eigenvalue weighted by Gasteiger charge is 2.31. The molecule has 0 unspecified atom stereocenters. The van der Waals surface area contributed by atoms with Gasteiger partial charge in [0.05, 0.1) is 16.6 Å². The zero-order valence-electron chi connectivity index (χ0n) is 19.1. The number of nitrogens with zero attached hydrogens (tertiary/aromatic N) is 3. The fourth-order valence-electron chi connectivity index (χ4n) is 4.45. The van der Waals surface area contributed by atoms with Gasteiger partial charge in [0.2, 0.25) is 5.79 Å². The summed E-state index contributed by atoms with van der Waals surface area (Å²) in [6.45, 7) is 5.80. The van der Waals surface area contributed by atoms with Gasteiger partial charge in [0.15, 0.2) is 11.5 Å². The number of aromatic amines is 1. The highest BCUT2D eigenvalue weighted by atomic mass is 16.7. The molecule has 4 heterocycles. The van der Waals surface area contributed by atoms with E-state index in [-0.39, 0.29) is 5.91 Å². The lowest BCUT2D eigenvalue weighted by Gasteiger charge is -2.16. The van der Waals surface area contributed by atoms with Crippen LogP contribution >= 0.6 is 0 Å². The van der Waals surface area contributed by atoms with Gasteiger partial charge in [-0.25, -0.2) is 9.97 Å². The molecule has 8 heteroatoms. The molecule has 2 aromatic heterocycles. The molecule has 0 saturated carbocycles. The van der Waals surface area contributed by atoms with Crippen molar-refractivity contribution in [1.29, 1.82) is 0 Å². The van der Waals surface area contributed by atoms with Crippen molar-refractivity contribution in [2.24, 2.45) is 0 Å². The topological polar surface area (TPSA) is 92.4 Å². The Balaban J connectivity index is 1.20. The van der Waals surface area contributed by atoms with Crippen LogP contribution in [0.15, 0.2) is 54.7 Å². The van der Waals surface area contributed by atoms with Crippen molar-refractivity contribution in [1.82, 2.24) is 15.0 Å². The summed E-state index contributed by atoms with van der Waals surface area (Å²) in [5.41, 5.74) is 3.74. The second-order valence-corrected chi connectivity index (χ2v) is 9.14. The molecule has 1 fully saturated rings. The summed E-state index contributed by atoms with van der Waals surface area (Å²) >= 11 is 0. The summed E-state index contributed by atoms with van der Waals surface area (Å²) in [7, 11) is 0. The van der Waals surface area contributed by atoms with Gasteiger partial charge in [0.1, 0.15) is 11.6 Å². The van der Waals surface area contributed by atoms with Crippen molar-refractivity contribution in [3.8, 4) is 22.9 Å². The maximum atomic E-state index is 12.8. The van der Waals surface area contributed by atoms with E-state index >= 15 is 0 Å². The fraction of sp³-hybridized carbons (Fsp3) is 0.269. The molecule has 0 aliphatic carbocycles. The van der Waals surface area contributed by atoms with Gasteiger partial charge in [0.25, 0.3) is 5.91 Å². The van der Waals surface area contributed by atoms with Crippen molar-refractivity contribution in [2.75, 3.05) is 23.3 Å². The molecule has 0 bridgehead atoms. The number of H-pyrrole nitrogens is 1. The minimum Gasteiger partial charge on any atom is -0.449 e. The first-order valence-corrected chi connectivity index (χ1v) is 11.5. The number of carbonyl (C=O) groups is 1. The van der Waals surface area contributed by atoms with Crippen LogP contribution in [0.3, 0.4) is 0 Å². The minimum absolute atomic E-state index is 0.196. The lowest BCUT2D eigenvalue weighted by atomic mass is 10.2. The number of amides is 1. The van der Waals surface area contributed by atoms with Gasteiger partial charge < -0.3 is 24.7 Å². The summed E-state index contributed by atoms with van der Waals surface area (Å²) in [6, 6.07) is 15.1. The van der Waals surface area contributed by atoms with E-state index in [0.717, 1.165) is 47.1 Å². The molecule has 1 saturated heterocycles. The molecule has 4 aromatic rings. The molecule has 2 aliphatic rings. The Kier molecular flexibility index (Phi) is 4.69. The van der Waals surface area contributed by atoms with Gasteiger partial charge in [0, 0.05) is 44.4 Å². The van der Waals surface area contributed by atoms with E-state index in [0.29, 0.717) is 17.0 Å². The van der Waals surface area contributed by atoms with Crippen LogP contribution in [-0.4, -0.2) is 39.7 Å². The molecular formula is C26H25N5O3. The lowest BCUT2D eigenvalue weighted by Crippen LogP contribution is -2.29. The number of aromatic nitrogens is 3. The van der Waals surface area contributed by atoms with E-state index < -0.39 is 5.79 Å². The van der Waals surface area contributed by atoms with Gasteiger partial charge in [-0.2, -0.15) is 0 Å². The Morgan fingerprint density at radius 2 is 1.85 bits per heavy atom. The summed E-state index contributed by atoms with van der Waals surface area (Å²) in [5.74, 6) is 2.19. The molecule has 6 rings (SSSR count). The quantitative estimate of drug-likeness (QED) is 0.451. The molecule has 2 aliphatic heterocycles. The Hall–Kier alpha value is -4.07. The SMILES string of the molecule is CC1(C)Oc2ccc(-c3nc4ccc(NC(=O)c5ccc(N6CCCC6)nc5)cc4[nH]3)cc2O1. The maximum absolute atomic E-state index is 12.8. The maximum Gasteiger partial charge on any atom is 0.257 e. The van der Waals surface area contributed by atoms with Crippen LogP contribution in [0.2, 0.25) is 0 Å². The van der Waals surface area contributed by atoms with Crippen molar-refractivity contribution in [3.63, 3.8) is 0 Å². The molecule has 0 spiro atoms. The van der Waals surface area contributed by atoms with Gasteiger partial charge in [-0.1, -0.05) is 0 Å². The smallest absolute Gasteiger partial charge is 0.257 e. The molecular weight excluding hydrogens is 430 g/mol. The molecule has 8 nitrogen and oxygen atoms in total. The Bertz CT molecular complexity index is 1390. The molecule has 0 atom stereocenters. The normalized spacial score (nSPS) is 16.2. The van der Waals surface area contributed by atoms with Crippen LogP contribution in [0.1, 0.15) is 37.0 Å². The number of imidazole rings is 1. The monoisotopic (exact) mass is 455 g/mol. The predicted octanol–water partition coefficient (Wildman–Crippen LogP) is 4.98. The average molecular weight is 456 g/mol. The molecule has 34 heavy (non-hydrogen) atoms. The minimum atomic E-state index is -0.675. The second kappa shape index (κ2) is 7.76. The van der Waals surface area contributed by atoms with Gasteiger partial charge in [-0.05, 0) is 61.4 Å². The van der Waals surface area contributed by atoms with Crippen LogP contribution < -0.4 is 19.7 Å². The van der Waals surface area contributed by atoms with Gasteiger partial charge >= 0.3 is 0 Å². The number of anilines is 2. The first kappa shape index (κ1) is 20.5. The predicted molar refractivity (Wildman–Crippen MR) is 131 cm³/mol. The van der Waals surface area contributed by atoms with Crippen LogP contribution in [0.4, 0.5) is 11.5 Å². The zero-order chi connectivity index (χ0) is 23.3. The Morgan fingerprint density at radius 1 is 1.03 bits per heavy atom. The third-order valence-electron chi connectivity index (χ3n) is 6.11. The number of ether oxygens (including phenoxy) is 2. The largest absolute Gasteiger partial charge is 0.449 e. The molecule has 172 valence electrons. The van der Waals surface area contributed by atoms with Crippen molar-refractivity contribution in [3.05, 3.63) is 60.3 Å². The Morgan fingerprint density at radius 3 is 2.65 bits per heavy atom. The average Bonchev–Trinajstić information content (AvgIpc) is 3.55. The number of hydrogen-bond acceptors (Lipinski definition) is 6. The number of fused-ring (bicyclic) bond motifs is 2. The third kappa shape index (κ3) is 3.81. The third-order valence-corrected chi connectivity index (χ3v) is 6.11. The van der Waals surface area contributed by atoms with Crippen LogP contribution in [0.5, 0.6) is 11.5 Å². The van der Waals surface area contributed by atoms with Crippen molar-refractivity contribution >= 4 is 28.4 Å². The van der Waals surface area contributed by atoms with E-state index in [1.165, 1.54) is 12.8 Å². The number of nitrogens with one attached hydrogen (secondary N) is 2. The number of pyridine rings is 1. The summed E-state index contributed by atoms with van der Waals surface area (Å²) in [6.07, 6.45) is 4.01.